The Hall–Kier alpha value is -2.88. The number of carbonyl (C=O) groups excluding carboxylic acids is 1. The van der Waals surface area contributed by atoms with Crippen LogP contribution in [0.3, 0.4) is 0 Å². The van der Waals surface area contributed by atoms with Gasteiger partial charge in [0.1, 0.15) is 5.69 Å². The van der Waals surface area contributed by atoms with Crippen molar-refractivity contribution in [3.63, 3.8) is 0 Å². The average molecular weight is 320 g/mol. The molecule has 0 N–H and O–H groups in total. The minimum absolute atomic E-state index is 0.330. The van der Waals surface area contributed by atoms with Crippen LogP contribution in [0, 0.1) is 0 Å². The summed E-state index contributed by atoms with van der Waals surface area (Å²) >= 11 is 0. The largest absolute Gasteiger partial charge is 0.461 e. The molecule has 0 amide bonds. The van der Waals surface area contributed by atoms with Crippen LogP contribution in [0.2, 0.25) is 0 Å². The summed E-state index contributed by atoms with van der Waals surface area (Å²) in [5.74, 6) is -0.396. The fourth-order valence-electron chi connectivity index (χ4n) is 2.66. The molecule has 0 fully saturated rings. The normalized spacial score (nSPS) is 10.6. The number of fused-ring (bicyclic) bond motifs is 1. The Morgan fingerprint density at radius 2 is 1.83 bits per heavy atom. The highest BCUT2D eigenvalue weighted by Gasteiger charge is 2.14. The fourth-order valence-corrected chi connectivity index (χ4v) is 2.66. The standard InChI is InChI=1S/C20H20N2O2/c1-4-24-20(23)19-13-17(14-8-6-5-7-9-14)16-11-10-15(22(2)3)12-18(16)21-19/h5-13H,4H2,1-3H3. The van der Waals surface area contributed by atoms with Gasteiger partial charge in [-0.15, -0.1) is 0 Å². The molecule has 24 heavy (non-hydrogen) atoms. The average Bonchev–Trinajstić information content (AvgIpc) is 2.61. The minimum Gasteiger partial charge on any atom is -0.461 e. The second kappa shape index (κ2) is 6.71. The summed E-state index contributed by atoms with van der Waals surface area (Å²) in [6.07, 6.45) is 0. The lowest BCUT2D eigenvalue weighted by atomic mass is 9.99. The van der Waals surface area contributed by atoms with Crippen LogP contribution in [0.1, 0.15) is 17.4 Å². The number of nitrogens with zero attached hydrogens (tertiary/aromatic N) is 2. The van der Waals surface area contributed by atoms with Crippen molar-refractivity contribution in [2.75, 3.05) is 25.6 Å². The molecule has 122 valence electrons. The van der Waals surface area contributed by atoms with Crippen LogP contribution in [0.15, 0.2) is 54.6 Å². The fraction of sp³-hybridized carbons (Fsp3) is 0.200. The molecule has 0 aliphatic rings. The predicted molar refractivity (Wildman–Crippen MR) is 97.5 cm³/mol. The zero-order valence-electron chi connectivity index (χ0n) is 14.1. The summed E-state index contributed by atoms with van der Waals surface area (Å²) < 4.78 is 5.13. The van der Waals surface area contributed by atoms with Crippen LogP contribution >= 0.6 is 0 Å². The van der Waals surface area contributed by atoms with Crippen LogP contribution in [-0.2, 0) is 4.74 Å². The summed E-state index contributed by atoms with van der Waals surface area (Å²) in [5.41, 5.74) is 4.18. The Morgan fingerprint density at radius 3 is 2.50 bits per heavy atom. The molecule has 3 rings (SSSR count). The van der Waals surface area contributed by atoms with Crippen LogP contribution < -0.4 is 4.90 Å². The van der Waals surface area contributed by atoms with Crippen molar-refractivity contribution < 1.29 is 9.53 Å². The van der Waals surface area contributed by atoms with Gasteiger partial charge in [-0.05, 0) is 36.2 Å². The first-order chi connectivity index (χ1) is 11.6. The molecule has 4 nitrogen and oxygen atoms in total. The summed E-state index contributed by atoms with van der Waals surface area (Å²) in [6, 6.07) is 17.9. The van der Waals surface area contributed by atoms with E-state index in [1.165, 1.54) is 0 Å². The SMILES string of the molecule is CCOC(=O)c1cc(-c2ccccc2)c2ccc(N(C)C)cc2n1. The van der Waals surface area contributed by atoms with Crippen molar-refractivity contribution in [2.45, 2.75) is 6.92 Å². The molecule has 4 heteroatoms. The highest BCUT2D eigenvalue weighted by Crippen LogP contribution is 2.31. The number of aromatic nitrogens is 1. The van der Waals surface area contributed by atoms with Gasteiger partial charge in [-0.2, -0.15) is 0 Å². The lowest BCUT2D eigenvalue weighted by Gasteiger charge is -2.15. The number of carbonyl (C=O) groups is 1. The van der Waals surface area contributed by atoms with Crippen LogP contribution in [0.5, 0.6) is 0 Å². The van der Waals surface area contributed by atoms with Gasteiger partial charge in [0.25, 0.3) is 0 Å². The maximum atomic E-state index is 12.2. The molecule has 1 aromatic heterocycles. The summed E-state index contributed by atoms with van der Waals surface area (Å²) in [6.45, 7) is 2.12. The maximum Gasteiger partial charge on any atom is 0.356 e. The second-order valence-electron chi connectivity index (χ2n) is 5.74. The first kappa shape index (κ1) is 16.0. The Bertz CT molecular complexity index is 873. The highest BCUT2D eigenvalue weighted by atomic mass is 16.5. The molecule has 0 spiro atoms. The molecule has 0 aliphatic heterocycles. The molecule has 0 unspecified atom stereocenters. The van der Waals surface area contributed by atoms with Gasteiger partial charge in [0.15, 0.2) is 0 Å². The van der Waals surface area contributed by atoms with Crippen LogP contribution in [0.4, 0.5) is 5.69 Å². The van der Waals surface area contributed by atoms with Gasteiger partial charge in [0.2, 0.25) is 0 Å². The van der Waals surface area contributed by atoms with Crippen LogP contribution in [0.25, 0.3) is 22.0 Å². The van der Waals surface area contributed by atoms with Crippen molar-refractivity contribution in [2.24, 2.45) is 0 Å². The molecule has 0 aliphatic carbocycles. The number of hydrogen-bond acceptors (Lipinski definition) is 4. The second-order valence-corrected chi connectivity index (χ2v) is 5.74. The van der Waals surface area contributed by atoms with E-state index in [4.69, 9.17) is 4.74 Å². The number of pyridine rings is 1. The van der Waals surface area contributed by atoms with Crippen molar-refractivity contribution in [3.8, 4) is 11.1 Å². The van der Waals surface area contributed by atoms with Gasteiger partial charge >= 0.3 is 5.97 Å². The smallest absolute Gasteiger partial charge is 0.356 e. The molecular formula is C20H20N2O2. The Morgan fingerprint density at radius 1 is 1.08 bits per heavy atom. The highest BCUT2D eigenvalue weighted by molar-refractivity contribution is 6.00. The van der Waals surface area contributed by atoms with E-state index in [0.717, 1.165) is 27.7 Å². The van der Waals surface area contributed by atoms with E-state index in [1.54, 1.807) is 6.92 Å². The molecule has 1 heterocycles. The van der Waals surface area contributed by atoms with E-state index in [2.05, 4.69) is 17.1 Å². The van der Waals surface area contributed by atoms with E-state index >= 15 is 0 Å². The predicted octanol–water partition coefficient (Wildman–Crippen LogP) is 4.14. The number of benzene rings is 2. The van der Waals surface area contributed by atoms with Gasteiger partial charge < -0.3 is 9.64 Å². The number of hydrogen-bond donors (Lipinski definition) is 0. The maximum absolute atomic E-state index is 12.2. The zero-order valence-corrected chi connectivity index (χ0v) is 14.1. The third-order valence-corrected chi connectivity index (χ3v) is 3.88. The molecule has 0 radical (unpaired) electrons. The molecule has 0 saturated carbocycles. The van der Waals surface area contributed by atoms with E-state index in [-0.39, 0.29) is 0 Å². The van der Waals surface area contributed by atoms with Gasteiger partial charge in [-0.25, -0.2) is 9.78 Å². The van der Waals surface area contributed by atoms with E-state index < -0.39 is 5.97 Å². The number of ether oxygens (including phenoxy) is 1. The Balaban J connectivity index is 2.25. The molecule has 0 bridgehead atoms. The third kappa shape index (κ3) is 3.08. The zero-order chi connectivity index (χ0) is 17.1. The number of esters is 1. The summed E-state index contributed by atoms with van der Waals surface area (Å²) in [7, 11) is 3.96. The van der Waals surface area contributed by atoms with E-state index in [9.17, 15) is 4.79 Å². The first-order valence-corrected chi connectivity index (χ1v) is 7.95. The number of anilines is 1. The van der Waals surface area contributed by atoms with Gasteiger partial charge in [0, 0.05) is 25.2 Å². The number of rotatable bonds is 4. The lowest BCUT2D eigenvalue weighted by molar-refractivity contribution is 0.0520. The minimum atomic E-state index is -0.396. The molecular weight excluding hydrogens is 300 g/mol. The quantitative estimate of drug-likeness (QED) is 0.677. The monoisotopic (exact) mass is 320 g/mol. The van der Waals surface area contributed by atoms with E-state index in [0.29, 0.717) is 12.3 Å². The topological polar surface area (TPSA) is 42.4 Å². The van der Waals surface area contributed by atoms with Gasteiger partial charge in [0.05, 0.1) is 12.1 Å². The third-order valence-electron chi connectivity index (χ3n) is 3.88. The van der Waals surface area contributed by atoms with E-state index in [1.807, 2.05) is 61.5 Å². The molecule has 0 atom stereocenters. The molecule has 2 aromatic carbocycles. The lowest BCUT2D eigenvalue weighted by Crippen LogP contribution is -2.10. The van der Waals surface area contributed by atoms with Crippen molar-refractivity contribution in [1.29, 1.82) is 0 Å². The Labute approximate surface area is 141 Å². The van der Waals surface area contributed by atoms with Gasteiger partial charge in [-0.3, -0.25) is 0 Å². The van der Waals surface area contributed by atoms with Crippen LogP contribution in [-0.4, -0.2) is 31.7 Å². The summed E-state index contributed by atoms with van der Waals surface area (Å²) in [4.78, 5) is 18.7. The van der Waals surface area contributed by atoms with Crippen molar-refractivity contribution in [1.82, 2.24) is 4.98 Å². The summed E-state index contributed by atoms with van der Waals surface area (Å²) in [5, 5.41) is 1.01. The molecule has 3 aromatic rings. The molecule has 0 saturated heterocycles. The Kier molecular flexibility index (Phi) is 4.47. The van der Waals surface area contributed by atoms with Crippen molar-refractivity contribution in [3.05, 3.63) is 60.3 Å². The van der Waals surface area contributed by atoms with Crippen molar-refractivity contribution >= 4 is 22.6 Å². The van der Waals surface area contributed by atoms with Gasteiger partial charge in [-0.1, -0.05) is 36.4 Å². The first-order valence-electron chi connectivity index (χ1n) is 7.95.